The number of rotatable bonds is 8. The summed E-state index contributed by atoms with van der Waals surface area (Å²) in [4.78, 5) is 25.2. The van der Waals surface area contributed by atoms with Gasteiger partial charge in [-0.3, -0.25) is 14.7 Å². The van der Waals surface area contributed by atoms with Crippen LogP contribution in [0.2, 0.25) is 0 Å². The zero-order valence-electron chi connectivity index (χ0n) is 17.8. The van der Waals surface area contributed by atoms with Crippen LogP contribution in [0, 0.1) is 0 Å². The first-order valence-corrected chi connectivity index (χ1v) is 10.5. The Hall–Kier alpha value is -4.52. The number of nitrogens with zero attached hydrogens (tertiary/aromatic N) is 2. The fourth-order valence-corrected chi connectivity index (χ4v) is 3.50. The Morgan fingerprint density at radius 2 is 1.45 bits per heavy atom. The third-order valence-electron chi connectivity index (χ3n) is 5.08. The number of H-pyrrole nitrogens is 1. The number of aromatic amines is 1. The summed E-state index contributed by atoms with van der Waals surface area (Å²) in [6, 6.07) is 28.7. The molecule has 7 nitrogen and oxygen atoms in total. The van der Waals surface area contributed by atoms with Crippen LogP contribution in [0.1, 0.15) is 22.6 Å². The van der Waals surface area contributed by atoms with Gasteiger partial charge in [-0.25, -0.2) is 5.43 Å². The van der Waals surface area contributed by atoms with Crippen LogP contribution in [0.25, 0.3) is 11.3 Å². The first-order valence-electron chi connectivity index (χ1n) is 10.5. The summed E-state index contributed by atoms with van der Waals surface area (Å²) in [5.41, 5.74) is 6.65. The molecule has 0 fully saturated rings. The Morgan fingerprint density at radius 3 is 2.06 bits per heavy atom. The molecule has 3 N–H and O–H groups in total. The minimum absolute atomic E-state index is 0.191. The quantitative estimate of drug-likeness (QED) is 0.291. The van der Waals surface area contributed by atoms with E-state index in [-0.39, 0.29) is 12.5 Å². The molecule has 0 unspecified atom stereocenters. The molecule has 1 heterocycles. The summed E-state index contributed by atoms with van der Waals surface area (Å²) in [7, 11) is 0. The highest BCUT2D eigenvalue weighted by molar-refractivity contribution is 5.92. The highest BCUT2D eigenvalue weighted by atomic mass is 16.2. The molecule has 0 radical (unpaired) electrons. The average Bonchev–Trinajstić information content (AvgIpc) is 3.33. The average molecular weight is 438 g/mol. The Kier molecular flexibility index (Phi) is 7.02. The fourth-order valence-electron chi connectivity index (χ4n) is 3.50. The van der Waals surface area contributed by atoms with Crippen molar-refractivity contribution in [1.82, 2.24) is 20.9 Å². The van der Waals surface area contributed by atoms with Crippen LogP contribution in [-0.4, -0.2) is 34.8 Å². The number of amides is 2. The van der Waals surface area contributed by atoms with Crippen LogP contribution in [0.5, 0.6) is 0 Å². The summed E-state index contributed by atoms with van der Waals surface area (Å²) in [5, 5.41) is 13.7. The van der Waals surface area contributed by atoms with Crippen LogP contribution >= 0.6 is 0 Å². The normalized spacial score (nSPS) is 10.9. The molecule has 0 spiro atoms. The number of hydrazone groups is 1. The zero-order chi connectivity index (χ0) is 22.9. The lowest BCUT2D eigenvalue weighted by Gasteiger charge is -2.17. The largest absolute Gasteiger partial charge is 0.346 e. The van der Waals surface area contributed by atoms with Gasteiger partial charge in [0.05, 0.1) is 30.6 Å². The maximum atomic E-state index is 13.0. The van der Waals surface area contributed by atoms with E-state index < -0.39 is 11.8 Å². The first kappa shape index (κ1) is 21.7. The number of nitrogens with one attached hydrogen (secondary N) is 3. The Morgan fingerprint density at radius 1 is 0.879 bits per heavy atom. The molecule has 0 bridgehead atoms. The molecule has 33 heavy (non-hydrogen) atoms. The van der Waals surface area contributed by atoms with Crippen molar-refractivity contribution in [3.05, 3.63) is 114 Å². The summed E-state index contributed by atoms with van der Waals surface area (Å²) >= 11 is 0. The predicted octanol–water partition coefficient (Wildman–Crippen LogP) is 3.48. The van der Waals surface area contributed by atoms with Crippen molar-refractivity contribution in [1.29, 1.82) is 0 Å². The van der Waals surface area contributed by atoms with Crippen LogP contribution in [0.15, 0.2) is 102 Å². The lowest BCUT2D eigenvalue weighted by atomic mass is 9.90. The van der Waals surface area contributed by atoms with Gasteiger partial charge in [-0.15, -0.1) is 0 Å². The zero-order valence-corrected chi connectivity index (χ0v) is 17.8. The number of carbonyl (C=O) groups is 2. The van der Waals surface area contributed by atoms with Gasteiger partial charge in [0.25, 0.3) is 5.91 Å². The summed E-state index contributed by atoms with van der Waals surface area (Å²) in [5.74, 6) is -1.19. The maximum absolute atomic E-state index is 13.0. The first-order chi connectivity index (χ1) is 16.2. The summed E-state index contributed by atoms with van der Waals surface area (Å²) in [6.45, 7) is -0.191. The van der Waals surface area contributed by atoms with E-state index in [9.17, 15) is 9.59 Å². The van der Waals surface area contributed by atoms with E-state index in [1.807, 2.05) is 91.0 Å². The van der Waals surface area contributed by atoms with E-state index >= 15 is 0 Å². The van der Waals surface area contributed by atoms with Crippen molar-refractivity contribution in [3.63, 3.8) is 0 Å². The van der Waals surface area contributed by atoms with E-state index in [4.69, 9.17) is 0 Å². The van der Waals surface area contributed by atoms with Crippen LogP contribution in [0.4, 0.5) is 0 Å². The van der Waals surface area contributed by atoms with Gasteiger partial charge >= 0.3 is 0 Å². The number of hydrogen-bond acceptors (Lipinski definition) is 4. The lowest BCUT2D eigenvalue weighted by Crippen LogP contribution is -2.37. The molecule has 164 valence electrons. The number of carbonyl (C=O) groups excluding carboxylic acids is 2. The van der Waals surface area contributed by atoms with E-state index in [2.05, 4.69) is 26.0 Å². The minimum atomic E-state index is -0.511. The van der Waals surface area contributed by atoms with E-state index in [0.29, 0.717) is 0 Å². The van der Waals surface area contributed by atoms with Crippen LogP contribution in [-0.2, 0) is 9.59 Å². The molecule has 1 aromatic heterocycles. The number of benzene rings is 3. The predicted molar refractivity (Wildman–Crippen MR) is 127 cm³/mol. The third-order valence-corrected chi connectivity index (χ3v) is 5.08. The minimum Gasteiger partial charge on any atom is -0.346 e. The fraction of sp³-hybridized carbons (Fsp3) is 0.0769. The Balaban J connectivity index is 1.37. The van der Waals surface area contributed by atoms with Gasteiger partial charge in [-0.05, 0) is 11.1 Å². The van der Waals surface area contributed by atoms with Crippen molar-refractivity contribution in [2.75, 3.05) is 6.54 Å². The maximum Gasteiger partial charge on any atom is 0.259 e. The second kappa shape index (κ2) is 10.7. The van der Waals surface area contributed by atoms with Gasteiger partial charge < -0.3 is 5.32 Å². The smallest absolute Gasteiger partial charge is 0.259 e. The van der Waals surface area contributed by atoms with Gasteiger partial charge in [0.1, 0.15) is 0 Å². The molecule has 0 atom stereocenters. The summed E-state index contributed by atoms with van der Waals surface area (Å²) in [6.07, 6.45) is 3.15. The molecular formula is C26H23N5O2. The molecule has 4 aromatic rings. The lowest BCUT2D eigenvalue weighted by molar-refractivity contribution is -0.126. The van der Waals surface area contributed by atoms with Crippen LogP contribution < -0.4 is 10.7 Å². The van der Waals surface area contributed by atoms with Gasteiger partial charge in [-0.1, -0.05) is 91.0 Å². The van der Waals surface area contributed by atoms with Crippen LogP contribution in [0.3, 0.4) is 0 Å². The Bertz CT molecular complexity index is 1180. The molecule has 0 saturated carbocycles. The molecular weight excluding hydrogens is 414 g/mol. The second-order valence-electron chi connectivity index (χ2n) is 7.33. The van der Waals surface area contributed by atoms with Crippen molar-refractivity contribution in [2.24, 2.45) is 5.10 Å². The monoisotopic (exact) mass is 437 g/mol. The van der Waals surface area contributed by atoms with E-state index in [0.717, 1.165) is 27.9 Å². The second-order valence-corrected chi connectivity index (χ2v) is 7.33. The standard InChI is InChI=1S/C26H23N5O2/c32-23(30-28-16-22-17-29-31-25(22)21-14-8-3-9-15-21)18-27-26(33)24(19-10-4-1-5-11-19)20-12-6-2-7-13-20/h1-17,24H,18H2,(H,27,33)(H,29,31)(H,30,32)/b28-16+. The van der Waals surface area contributed by atoms with Crippen molar-refractivity contribution in [2.45, 2.75) is 5.92 Å². The van der Waals surface area contributed by atoms with Crippen molar-refractivity contribution >= 4 is 18.0 Å². The number of aromatic nitrogens is 2. The van der Waals surface area contributed by atoms with Gasteiger partial charge in [-0.2, -0.15) is 10.2 Å². The SMILES string of the molecule is O=C(CNC(=O)C(c1ccccc1)c1ccccc1)N/N=C/c1cn[nH]c1-c1ccccc1. The molecule has 0 aliphatic carbocycles. The molecule has 7 heteroatoms. The number of hydrogen-bond donors (Lipinski definition) is 3. The van der Waals surface area contributed by atoms with Crippen molar-refractivity contribution in [3.8, 4) is 11.3 Å². The van der Waals surface area contributed by atoms with Gasteiger partial charge in [0.2, 0.25) is 5.91 Å². The van der Waals surface area contributed by atoms with E-state index in [1.54, 1.807) is 6.20 Å². The van der Waals surface area contributed by atoms with E-state index in [1.165, 1.54) is 6.21 Å². The molecule has 4 rings (SSSR count). The Labute approximate surface area is 191 Å². The van der Waals surface area contributed by atoms with Crippen molar-refractivity contribution < 1.29 is 9.59 Å². The molecule has 0 aliphatic heterocycles. The highest BCUT2D eigenvalue weighted by Crippen LogP contribution is 2.24. The third kappa shape index (κ3) is 5.59. The molecule has 0 saturated heterocycles. The molecule has 3 aromatic carbocycles. The topological polar surface area (TPSA) is 99.2 Å². The van der Waals surface area contributed by atoms with Gasteiger partial charge in [0, 0.05) is 11.1 Å². The molecule has 0 aliphatic rings. The summed E-state index contributed by atoms with van der Waals surface area (Å²) < 4.78 is 0. The van der Waals surface area contributed by atoms with Gasteiger partial charge in [0.15, 0.2) is 0 Å². The highest BCUT2D eigenvalue weighted by Gasteiger charge is 2.22. The molecule has 2 amide bonds.